The van der Waals surface area contributed by atoms with Gasteiger partial charge < -0.3 is 16.0 Å². The Morgan fingerprint density at radius 2 is 1.93 bits per heavy atom. The average Bonchev–Trinajstić information content (AvgIpc) is 2.66. The molecule has 0 atom stereocenters. The summed E-state index contributed by atoms with van der Waals surface area (Å²) < 4.78 is 0. The molecule has 142 valence electrons. The summed E-state index contributed by atoms with van der Waals surface area (Å²) in [5, 5.41) is 15.8. The van der Waals surface area contributed by atoms with Crippen LogP contribution in [-0.4, -0.2) is 23.7 Å². The van der Waals surface area contributed by atoms with Gasteiger partial charge in [0.25, 0.3) is 5.91 Å². The van der Waals surface area contributed by atoms with Crippen molar-refractivity contribution < 1.29 is 4.79 Å². The number of carbonyl (C=O) groups excluding carboxylic acids is 1. The van der Waals surface area contributed by atoms with Crippen LogP contribution in [0.5, 0.6) is 0 Å². The number of benzene rings is 2. The second-order valence-electron chi connectivity index (χ2n) is 6.16. The number of rotatable bonds is 5. The van der Waals surface area contributed by atoms with E-state index in [1.807, 2.05) is 19.1 Å². The predicted molar refractivity (Wildman–Crippen MR) is 114 cm³/mol. The minimum Gasteiger partial charge on any atom is -0.375 e. The van der Waals surface area contributed by atoms with Crippen LogP contribution in [0.1, 0.15) is 21.5 Å². The number of aromatic nitrogens is 1. The third-order valence-corrected chi connectivity index (χ3v) is 4.77. The lowest BCUT2D eigenvalue weighted by Gasteiger charge is -2.12. The third kappa shape index (κ3) is 4.32. The van der Waals surface area contributed by atoms with Crippen molar-refractivity contribution in [3.8, 4) is 0 Å². The van der Waals surface area contributed by atoms with Crippen LogP contribution in [-0.2, 0) is 0 Å². The summed E-state index contributed by atoms with van der Waals surface area (Å²) in [6.07, 6.45) is 3.20. The van der Waals surface area contributed by atoms with Crippen molar-refractivity contribution in [2.45, 2.75) is 6.92 Å². The Kier molecular flexibility index (Phi) is 5.97. The topological polar surface area (TPSA) is 77.9 Å². The average molecular weight is 413 g/mol. The first kappa shape index (κ1) is 19.9. The summed E-state index contributed by atoms with van der Waals surface area (Å²) in [5.41, 5.74) is 2.82. The molecule has 7 heteroatoms. The van der Waals surface area contributed by atoms with Crippen LogP contribution in [0.3, 0.4) is 0 Å². The fourth-order valence-electron chi connectivity index (χ4n) is 2.78. The molecule has 0 aliphatic carbocycles. The maximum absolute atomic E-state index is 12.7. The number of amides is 1. The Morgan fingerprint density at radius 1 is 1.14 bits per heavy atom. The van der Waals surface area contributed by atoms with Gasteiger partial charge in [-0.3, -0.25) is 9.78 Å². The van der Waals surface area contributed by atoms with E-state index in [9.17, 15) is 4.79 Å². The van der Waals surface area contributed by atoms with Gasteiger partial charge in [0.1, 0.15) is 5.82 Å². The fourth-order valence-corrected chi connectivity index (χ4v) is 3.26. The molecule has 0 radical (unpaired) electrons. The number of hydrogen-bond donors (Lipinski definition) is 3. The Hall–Kier alpha value is -2.89. The largest absolute Gasteiger partial charge is 0.375 e. The van der Waals surface area contributed by atoms with Crippen LogP contribution >= 0.6 is 23.2 Å². The minimum atomic E-state index is -0.390. The SMILES string of the molecule is CN/C(=C\C(=N)c1ccc(Cl)cc1C)NC(=O)c1cc2ncccc2cc1Cl. The summed E-state index contributed by atoms with van der Waals surface area (Å²) in [6, 6.07) is 12.3. The second kappa shape index (κ2) is 8.42. The molecule has 2 aromatic carbocycles. The van der Waals surface area contributed by atoms with Crippen LogP contribution in [0.2, 0.25) is 10.0 Å². The molecule has 3 rings (SSSR count). The molecular formula is C21H18Cl2N4O. The zero-order valence-electron chi connectivity index (χ0n) is 15.3. The quantitative estimate of drug-likeness (QED) is 0.531. The van der Waals surface area contributed by atoms with Gasteiger partial charge in [0.05, 0.1) is 21.8 Å². The Balaban J connectivity index is 1.86. The molecule has 28 heavy (non-hydrogen) atoms. The van der Waals surface area contributed by atoms with E-state index in [-0.39, 0.29) is 5.71 Å². The molecule has 0 spiro atoms. The van der Waals surface area contributed by atoms with E-state index in [0.717, 1.165) is 16.5 Å². The zero-order valence-corrected chi connectivity index (χ0v) is 16.8. The van der Waals surface area contributed by atoms with E-state index < -0.39 is 5.91 Å². The van der Waals surface area contributed by atoms with Crippen molar-refractivity contribution in [2.75, 3.05) is 7.05 Å². The molecule has 0 fully saturated rings. The van der Waals surface area contributed by atoms with Gasteiger partial charge >= 0.3 is 0 Å². The lowest BCUT2D eigenvalue weighted by molar-refractivity contribution is 0.0964. The van der Waals surface area contributed by atoms with Crippen LogP contribution < -0.4 is 10.6 Å². The molecule has 1 aromatic heterocycles. The van der Waals surface area contributed by atoms with Gasteiger partial charge in [-0.1, -0.05) is 35.3 Å². The number of hydrogen-bond acceptors (Lipinski definition) is 4. The van der Waals surface area contributed by atoms with Gasteiger partial charge in [0.15, 0.2) is 0 Å². The third-order valence-electron chi connectivity index (χ3n) is 4.22. The van der Waals surface area contributed by atoms with E-state index >= 15 is 0 Å². The summed E-state index contributed by atoms with van der Waals surface area (Å²) in [6.45, 7) is 1.88. The summed E-state index contributed by atoms with van der Waals surface area (Å²) in [5.74, 6) is -0.0136. The van der Waals surface area contributed by atoms with Gasteiger partial charge in [-0.2, -0.15) is 0 Å². The number of carbonyl (C=O) groups is 1. The summed E-state index contributed by atoms with van der Waals surface area (Å²) in [7, 11) is 1.66. The van der Waals surface area contributed by atoms with Crippen molar-refractivity contribution in [1.29, 1.82) is 5.41 Å². The predicted octanol–water partition coefficient (Wildman–Crippen LogP) is 4.71. The Labute approximate surface area is 172 Å². The number of fused-ring (bicyclic) bond motifs is 1. The molecule has 3 N–H and O–H groups in total. The molecule has 0 bridgehead atoms. The van der Waals surface area contributed by atoms with Gasteiger partial charge in [-0.25, -0.2) is 0 Å². The molecule has 0 saturated heterocycles. The highest BCUT2D eigenvalue weighted by molar-refractivity contribution is 6.34. The van der Waals surface area contributed by atoms with Gasteiger partial charge in [0.2, 0.25) is 0 Å². The summed E-state index contributed by atoms with van der Waals surface area (Å²) >= 11 is 12.3. The molecule has 5 nitrogen and oxygen atoms in total. The van der Waals surface area contributed by atoms with E-state index in [0.29, 0.717) is 26.9 Å². The van der Waals surface area contributed by atoms with Crippen LogP contribution in [0.4, 0.5) is 0 Å². The number of halogens is 2. The zero-order chi connectivity index (χ0) is 20.3. The van der Waals surface area contributed by atoms with E-state index in [2.05, 4.69) is 15.6 Å². The molecule has 0 saturated carbocycles. The van der Waals surface area contributed by atoms with E-state index in [1.54, 1.807) is 49.7 Å². The highest BCUT2D eigenvalue weighted by atomic mass is 35.5. The van der Waals surface area contributed by atoms with Crippen LogP contribution in [0.15, 0.2) is 60.6 Å². The number of allylic oxidation sites excluding steroid dienone is 1. The van der Waals surface area contributed by atoms with Crippen molar-refractivity contribution in [3.63, 3.8) is 0 Å². The number of pyridine rings is 1. The van der Waals surface area contributed by atoms with Crippen LogP contribution in [0, 0.1) is 12.3 Å². The number of nitrogens with zero attached hydrogens (tertiary/aromatic N) is 1. The standard InChI is InChI=1S/C21H18Cl2N4O/c1-12-8-14(22)5-6-15(12)18(24)11-20(25-2)27-21(28)16-10-19-13(9-17(16)23)4-3-7-26-19/h3-11,24-25H,1-2H3,(H,27,28)/b20-11+,24-18?. The van der Waals surface area contributed by atoms with Crippen molar-refractivity contribution >= 4 is 45.7 Å². The lowest BCUT2D eigenvalue weighted by Crippen LogP contribution is -2.30. The van der Waals surface area contributed by atoms with Crippen molar-refractivity contribution in [2.24, 2.45) is 0 Å². The molecule has 0 aliphatic rings. The van der Waals surface area contributed by atoms with E-state index in [1.165, 1.54) is 0 Å². The molecule has 0 aliphatic heterocycles. The fraction of sp³-hybridized carbons (Fsp3) is 0.0952. The number of nitrogens with one attached hydrogen (secondary N) is 3. The smallest absolute Gasteiger partial charge is 0.258 e. The lowest BCUT2D eigenvalue weighted by atomic mass is 10.0. The van der Waals surface area contributed by atoms with E-state index in [4.69, 9.17) is 28.6 Å². The Bertz CT molecular complexity index is 1110. The normalized spacial score (nSPS) is 11.4. The monoisotopic (exact) mass is 412 g/mol. The van der Waals surface area contributed by atoms with Gasteiger partial charge in [0, 0.05) is 35.3 Å². The highest BCUT2D eigenvalue weighted by Gasteiger charge is 2.14. The molecule has 1 heterocycles. The second-order valence-corrected chi connectivity index (χ2v) is 7.01. The Morgan fingerprint density at radius 3 is 2.64 bits per heavy atom. The van der Waals surface area contributed by atoms with Gasteiger partial charge in [-0.15, -0.1) is 0 Å². The van der Waals surface area contributed by atoms with Gasteiger partial charge in [-0.05, 0) is 42.8 Å². The summed E-state index contributed by atoms with van der Waals surface area (Å²) in [4.78, 5) is 17.0. The first-order valence-electron chi connectivity index (χ1n) is 8.49. The van der Waals surface area contributed by atoms with Crippen molar-refractivity contribution in [3.05, 3.63) is 87.3 Å². The maximum atomic E-state index is 12.7. The minimum absolute atomic E-state index is 0.241. The first-order chi connectivity index (χ1) is 13.4. The molecule has 0 unspecified atom stereocenters. The molecular weight excluding hydrogens is 395 g/mol. The van der Waals surface area contributed by atoms with Crippen molar-refractivity contribution in [1.82, 2.24) is 15.6 Å². The van der Waals surface area contributed by atoms with Crippen LogP contribution in [0.25, 0.3) is 10.9 Å². The molecule has 1 amide bonds. The molecule has 3 aromatic rings. The highest BCUT2D eigenvalue weighted by Crippen LogP contribution is 2.23. The number of aryl methyl sites for hydroxylation is 1. The first-order valence-corrected chi connectivity index (χ1v) is 9.25. The maximum Gasteiger partial charge on any atom is 0.258 e.